The zero-order chi connectivity index (χ0) is 9.97. The summed E-state index contributed by atoms with van der Waals surface area (Å²) in [5, 5.41) is 7.90. The molecule has 0 amide bonds. The molecule has 14 heavy (non-hydrogen) atoms. The number of nitrogens with one attached hydrogen (secondary N) is 1. The zero-order valence-electron chi connectivity index (χ0n) is 8.86. The summed E-state index contributed by atoms with van der Waals surface area (Å²) in [4.78, 5) is 2.44. The van der Waals surface area contributed by atoms with Gasteiger partial charge in [-0.3, -0.25) is 0 Å². The molecule has 2 nitrogen and oxygen atoms in total. The molecule has 1 aliphatic rings. The molecule has 3 heteroatoms. The fraction of sp³-hybridized carbons (Fsp3) is 0.636. The average Bonchev–Trinajstić information content (AvgIpc) is 2.64. The van der Waals surface area contributed by atoms with Crippen LogP contribution in [0.1, 0.15) is 19.8 Å². The van der Waals surface area contributed by atoms with E-state index in [0.29, 0.717) is 12.1 Å². The Hall–Kier alpha value is -0.540. The number of hydrogen-bond donors (Lipinski definition) is 1. The Morgan fingerprint density at radius 1 is 1.57 bits per heavy atom. The molecule has 1 saturated heterocycles. The third-order valence-electron chi connectivity index (χ3n) is 3.10. The Labute approximate surface area is 89.9 Å². The Bertz CT molecular complexity index is 271. The maximum Gasteiger partial charge on any atom is 0.0450 e. The van der Waals surface area contributed by atoms with Crippen LogP contribution in [0.2, 0.25) is 0 Å². The highest BCUT2D eigenvalue weighted by Crippen LogP contribution is 2.21. The summed E-state index contributed by atoms with van der Waals surface area (Å²) in [7, 11) is 2.21. The van der Waals surface area contributed by atoms with Crippen molar-refractivity contribution in [3.63, 3.8) is 0 Å². The molecule has 1 aromatic rings. The summed E-state index contributed by atoms with van der Waals surface area (Å²) >= 11 is 1.76. The molecular formula is C11H18N2S. The van der Waals surface area contributed by atoms with Gasteiger partial charge >= 0.3 is 0 Å². The second-order valence-electron chi connectivity index (χ2n) is 4.21. The van der Waals surface area contributed by atoms with Crippen molar-refractivity contribution in [2.24, 2.45) is 0 Å². The van der Waals surface area contributed by atoms with Crippen molar-refractivity contribution in [2.45, 2.75) is 31.8 Å². The third-order valence-corrected chi connectivity index (χ3v) is 3.78. The molecule has 0 radical (unpaired) electrons. The standard InChI is InChI=1S/C11H18N2S/c1-9-7-10(3-5-13(9)2)12-11-4-6-14-8-11/h4,6,8-10,12H,3,5,7H2,1-2H3. The van der Waals surface area contributed by atoms with Gasteiger partial charge in [-0.15, -0.1) is 0 Å². The van der Waals surface area contributed by atoms with Gasteiger partial charge in [-0.05, 0) is 38.3 Å². The van der Waals surface area contributed by atoms with Gasteiger partial charge in [-0.2, -0.15) is 11.3 Å². The van der Waals surface area contributed by atoms with Crippen molar-refractivity contribution < 1.29 is 0 Å². The monoisotopic (exact) mass is 210 g/mol. The zero-order valence-corrected chi connectivity index (χ0v) is 9.68. The van der Waals surface area contributed by atoms with Crippen molar-refractivity contribution in [1.82, 2.24) is 4.90 Å². The van der Waals surface area contributed by atoms with Crippen molar-refractivity contribution in [3.8, 4) is 0 Å². The molecule has 2 rings (SSSR count). The summed E-state index contributed by atoms with van der Waals surface area (Å²) in [6, 6.07) is 3.53. The summed E-state index contributed by atoms with van der Waals surface area (Å²) < 4.78 is 0. The van der Waals surface area contributed by atoms with Crippen LogP contribution in [0.3, 0.4) is 0 Å². The molecule has 0 aliphatic carbocycles. The average molecular weight is 210 g/mol. The molecular weight excluding hydrogens is 192 g/mol. The molecule has 2 atom stereocenters. The number of rotatable bonds is 2. The molecule has 2 heterocycles. The molecule has 1 N–H and O–H groups in total. The van der Waals surface area contributed by atoms with E-state index in [1.807, 2.05) is 0 Å². The normalized spacial score (nSPS) is 29.0. The van der Waals surface area contributed by atoms with Gasteiger partial charge in [0.2, 0.25) is 0 Å². The van der Waals surface area contributed by atoms with Gasteiger partial charge in [0.05, 0.1) is 0 Å². The van der Waals surface area contributed by atoms with Crippen LogP contribution in [0.5, 0.6) is 0 Å². The first-order chi connectivity index (χ1) is 6.75. The second-order valence-corrected chi connectivity index (χ2v) is 4.99. The van der Waals surface area contributed by atoms with Gasteiger partial charge in [-0.1, -0.05) is 0 Å². The molecule has 0 spiro atoms. The van der Waals surface area contributed by atoms with Gasteiger partial charge < -0.3 is 10.2 Å². The highest BCUT2D eigenvalue weighted by Gasteiger charge is 2.22. The van der Waals surface area contributed by atoms with Crippen molar-refractivity contribution in [2.75, 3.05) is 18.9 Å². The van der Waals surface area contributed by atoms with Crippen LogP contribution in [0.15, 0.2) is 16.8 Å². The van der Waals surface area contributed by atoms with E-state index in [1.165, 1.54) is 25.1 Å². The van der Waals surface area contributed by atoms with Crippen LogP contribution in [0.25, 0.3) is 0 Å². The van der Waals surface area contributed by atoms with E-state index in [-0.39, 0.29) is 0 Å². The summed E-state index contributed by atoms with van der Waals surface area (Å²) in [5.74, 6) is 0. The second kappa shape index (κ2) is 4.32. The highest BCUT2D eigenvalue weighted by atomic mass is 32.1. The Morgan fingerprint density at radius 2 is 2.43 bits per heavy atom. The minimum absolute atomic E-state index is 0.663. The number of anilines is 1. The molecule has 1 fully saturated rings. The lowest BCUT2D eigenvalue weighted by Crippen LogP contribution is -2.42. The first-order valence-electron chi connectivity index (χ1n) is 5.24. The van der Waals surface area contributed by atoms with Crippen molar-refractivity contribution in [3.05, 3.63) is 16.8 Å². The van der Waals surface area contributed by atoms with Crippen LogP contribution in [-0.2, 0) is 0 Å². The van der Waals surface area contributed by atoms with Crippen LogP contribution >= 0.6 is 11.3 Å². The predicted octanol–water partition coefficient (Wildman–Crippen LogP) is 2.64. The maximum atomic E-state index is 3.60. The Balaban J connectivity index is 1.88. The van der Waals surface area contributed by atoms with Crippen LogP contribution in [-0.4, -0.2) is 30.6 Å². The maximum absolute atomic E-state index is 3.60. The van der Waals surface area contributed by atoms with Gasteiger partial charge in [0.15, 0.2) is 0 Å². The van der Waals surface area contributed by atoms with Gasteiger partial charge in [0.1, 0.15) is 0 Å². The fourth-order valence-corrected chi connectivity index (χ4v) is 2.60. The van der Waals surface area contributed by atoms with E-state index in [2.05, 4.69) is 41.0 Å². The highest BCUT2D eigenvalue weighted by molar-refractivity contribution is 7.08. The largest absolute Gasteiger partial charge is 0.382 e. The molecule has 0 aromatic carbocycles. The fourth-order valence-electron chi connectivity index (χ4n) is 2.00. The lowest BCUT2D eigenvalue weighted by Gasteiger charge is -2.35. The van der Waals surface area contributed by atoms with E-state index in [4.69, 9.17) is 0 Å². The lowest BCUT2D eigenvalue weighted by atomic mass is 9.99. The molecule has 0 bridgehead atoms. The Morgan fingerprint density at radius 3 is 3.07 bits per heavy atom. The third kappa shape index (κ3) is 2.28. The van der Waals surface area contributed by atoms with Crippen LogP contribution in [0, 0.1) is 0 Å². The van der Waals surface area contributed by atoms with Crippen LogP contribution in [0.4, 0.5) is 5.69 Å². The number of piperidine rings is 1. The SMILES string of the molecule is CC1CC(Nc2ccsc2)CCN1C. The summed E-state index contributed by atoms with van der Waals surface area (Å²) in [6.07, 6.45) is 2.52. The molecule has 1 aliphatic heterocycles. The lowest BCUT2D eigenvalue weighted by molar-refractivity contribution is 0.190. The van der Waals surface area contributed by atoms with E-state index in [1.54, 1.807) is 11.3 Å². The number of hydrogen-bond acceptors (Lipinski definition) is 3. The quantitative estimate of drug-likeness (QED) is 0.807. The van der Waals surface area contributed by atoms with Gasteiger partial charge in [-0.25, -0.2) is 0 Å². The summed E-state index contributed by atoms with van der Waals surface area (Å²) in [5.41, 5.74) is 1.29. The minimum Gasteiger partial charge on any atom is -0.382 e. The molecule has 78 valence electrons. The minimum atomic E-state index is 0.663. The molecule has 2 unspecified atom stereocenters. The first-order valence-corrected chi connectivity index (χ1v) is 6.19. The number of thiophene rings is 1. The van der Waals surface area contributed by atoms with E-state index < -0.39 is 0 Å². The Kier molecular flexibility index (Phi) is 3.08. The number of likely N-dealkylation sites (tertiary alicyclic amines) is 1. The van der Waals surface area contributed by atoms with Gasteiger partial charge in [0, 0.05) is 29.7 Å². The first kappa shape index (κ1) is 9.99. The van der Waals surface area contributed by atoms with Gasteiger partial charge in [0.25, 0.3) is 0 Å². The van der Waals surface area contributed by atoms with Crippen LogP contribution < -0.4 is 5.32 Å². The summed E-state index contributed by atoms with van der Waals surface area (Å²) in [6.45, 7) is 3.52. The smallest absolute Gasteiger partial charge is 0.0450 e. The predicted molar refractivity (Wildman–Crippen MR) is 63.1 cm³/mol. The van der Waals surface area contributed by atoms with Crippen molar-refractivity contribution in [1.29, 1.82) is 0 Å². The van der Waals surface area contributed by atoms with E-state index in [9.17, 15) is 0 Å². The van der Waals surface area contributed by atoms with E-state index >= 15 is 0 Å². The number of nitrogens with zero attached hydrogens (tertiary/aromatic N) is 1. The van der Waals surface area contributed by atoms with E-state index in [0.717, 1.165) is 0 Å². The van der Waals surface area contributed by atoms with Crippen molar-refractivity contribution >= 4 is 17.0 Å². The molecule has 1 aromatic heterocycles. The molecule has 0 saturated carbocycles. The topological polar surface area (TPSA) is 15.3 Å².